The first kappa shape index (κ1) is 34.4. The summed E-state index contributed by atoms with van der Waals surface area (Å²) in [5.74, 6) is 0.767. The lowest BCUT2D eigenvalue weighted by molar-refractivity contribution is 0.191. The van der Waals surface area contributed by atoms with Gasteiger partial charge in [0, 0.05) is 0 Å². The van der Waals surface area contributed by atoms with Gasteiger partial charge >= 0.3 is 15.6 Å². The maximum absolute atomic E-state index is 10.4. The van der Waals surface area contributed by atoms with Crippen LogP contribution in [0.2, 0.25) is 0 Å². The Kier molecular flexibility index (Phi) is 24.7. The Labute approximate surface area is 196 Å². The van der Waals surface area contributed by atoms with Crippen molar-refractivity contribution in [1.29, 1.82) is 0 Å². The molecule has 0 aromatic rings. The third-order valence-corrected chi connectivity index (χ3v) is 5.98. The van der Waals surface area contributed by atoms with Gasteiger partial charge in [0.25, 0.3) is 0 Å². The Balaban J connectivity index is 0. The normalized spacial score (nSPS) is 12.1. The quantitative estimate of drug-likeness (QED) is 0.0960. The summed E-state index contributed by atoms with van der Waals surface area (Å²) in [5, 5.41) is 0. The molecule has 0 atom stereocenters. The number of hydrogen-bond acceptors (Lipinski definition) is 4. The first-order valence-electron chi connectivity index (χ1n) is 12.4. The third kappa shape index (κ3) is 37.5. The molecule has 4 N–H and O–H groups in total. The summed E-state index contributed by atoms with van der Waals surface area (Å²) in [5.41, 5.74) is 0. The fourth-order valence-corrected chi connectivity index (χ4v) is 3.88. The molecule has 0 fully saturated rings. The van der Waals surface area contributed by atoms with Crippen LogP contribution in [0.4, 0.5) is 0 Å². The Morgan fingerprint density at radius 2 is 0.875 bits per heavy atom. The van der Waals surface area contributed by atoms with E-state index >= 15 is 0 Å². The minimum Gasteiger partial charge on any atom is -0.303 e. The zero-order chi connectivity index (χ0) is 24.7. The van der Waals surface area contributed by atoms with E-state index < -0.39 is 15.6 Å². The average Bonchev–Trinajstić information content (AvgIpc) is 2.67. The van der Waals surface area contributed by atoms with Crippen molar-refractivity contribution in [3.8, 4) is 0 Å². The Morgan fingerprint density at radius 1 is 0.562 bits per heavy atom. The summed E-state index contributed by atoms with van der Waals surface area (Å²) in [7, 11) is -8.48. The van der Waals surface area contributed by atoms with E-state index in [1.807, 2.05) is 0 Å². The molecule has 0 spiro atoms. The molecule has 0 aliphatic heterocycles. The Hall–Kier alpha value is 0.220. The molecule has 0 unspecified atom stereocenters. The van der Waals surface area contributed by atoms with Crippen molar-refractivity contribution < 1.29 is 37.8 Å². The molecule has 0 bridgehead atoms. The van der Waals surface area contributed by atoms with Gasteiger partial charge in [0.1, 0.15) is 0 Å². The SMILES string of the molecule is CC(C)CCCCCCCOP(=O)(O)O.CCCCCCCCCCCCOP(=O)(O)O. The van der Waals surface area contributed by atoms with Crippen LogP contribution in [-0.2, 0) is 18.2 Å². The predicted molar refractivity (Wildman–Crippen MR) is 130 cm³/mol. The number of hydrogen-bond donors (Lipinski definition) is 4. The summed E-state index contributed by atoms with van der Waals surface area (Å²) in [4.78, 5) is 33.7. The molecule has 0 aromatic carbocycles. The van der Waals surface area contributed by atoms with Crippen molar-refractivity contribution in [3.63, 3.8) is 0 Å². The average molecular weight is 505 g/mol. The largest absolute Gasteiger partial charge is 0.469 e. The minimum absolute atomic E-state index is 0.161. The van der Waals surface area contributed by atoms with Crippen LogP contribution >= 0.6 is 15.6 Å². The van der Waals surface area contributed by atoms with E-state index in [2.05, 4.69) is 29.8 Å². The van der Waals surface area contributed by atoms with Crippen molar-refractivity contribution in [2.45, 2.75) is 124 Å². The Bertz CT molecular complexity index is 477. The van der Waals surface area contributed by atoms with Crippen LogP contribution < -0.4 is 0 Å². The molecule has 32 heavy (non-hydrogen) atoms. The van der Waals surface area contributed by atoms with Gasteiger partial charge in [-0.1, -0.05) is 111 Å². The molecule has 0 aromatic heterocycles. The maximum Gasteiger partial charge on any atom is 0.469 e. The summed E-state index contributed by atoms with van der Waals surface area (Å²) >= 11 is 0. The van der Waals surface area contributed by atoms with Crippen molar-refractivity contribution in [2.24, 2.45) is 5.92 Å². The van der Waals surface area contributed by atoms with Gasteiger partial charge in [-0.3, -0.25) is 9.05 Å². The molecular weight excluding hydrogens is 454 g/mol. The standard InChI is InChI=1S/C12H27O4P.C10H23O4P/c1-2-3-4-5-6-7-8-9-10-11-12-16-17(13,14)15;1-10(2)8-6-4-3-5-7-9-14-15(11,12)13/h2-12H2,1H3,(H2,13,14,15);10H,3-9H2,1-2H3,(H2,11,12,13). The summed E-state index contributed by atoms with van der Waals surface area (Å²) in [6, 6.07) is 0. The molecule has 10 heteroatoms. The van der Waals surface area contributed by atoms with E-state index in [-0.39, 0.29) is 13.2 Å². The van der Waals surface area contributed by atoms with Crippen molar-refractivity contribution >= 4 is 15.6 Å². The third-order valence-electron chi connectivity index (χ3n) is 4.94. The second-order valence-corrected chi connectivity index (χ2v) is 11.3. The van der Waals surface area contributed by atoms with E-state index in [0.29, 0.717) is 0 Å². The minimum atomic E-state index is -4.24. The van der Waals surface area contributed by atoms with Gasteiger partial charge in [-0.15, -0.1) is 0 Å². The second-order valence-electron chi connectivity index (χ2n) is 8.78. The lowest BCUT2D eigenvalue weighted by atomic mass is 10.0. The van der Waals surface area contributed by atoms with Crippen LogP contribution in [0.3, 0.4) is 0 Å². The van der Waals surface area contributed by atoms with Crippen molar-refractivity contribution in [2.75, 3.05) is 13.2 Å². The van der Waals surface area contributed by atoms with E-state index in [1.165, 1.54) is 64.2 Å². The van der Waals surface area contributed by atoms with Crippen LogP contribution in [0.5, 0.6) is 0 Å². The monoisotopic (exact) mass is 504 g/mol. The molecule has 0 saturated carbocycles. The van der Waals surface area contributed by atoms with Crippen LogP contribution in [0, 0.1) is 5.92 Å². The summed E-state index contributed by atoms with van der Waals surface area (Å²) in [6.07, 6.45) is 18.6. The molecule has 8 nitrogen and oxygen atoms in total. The van der Waals surface area contributed by atoms with Gasteiger partial charge in [0.05, 0.1) is 13.2 Å². The number of phosphoric acid groups is 2. The highest BCUT2D eigenvalue weighted by Gasteiger charge is 2.12. The van der Waals surface area contributed by atoms with Crippen LogP contribution in [0.25, 0.3) is 0 Å². The van der Waals surface area contributed by atoms with Crippen molar-refractivity contribution in [3.05, 3.63) is 0 Å². The predicted octanol–water partition coefficient (Wildman–Crippen LogP) is 7.11. The number of rotatable bonds is 21. The molecule has 0 heterocycles. The van der Waals surface area contributed by atoms with Crippen LogP contribution in [-0.4, -0.2) is 32.8 Å². The molecule has 0 amide bonds. The van der Waals surface area contributed by atoms with Gasteiger partial charge < -0.3 is 19.6 Å². The second kappa shape index (κ2) is 23.0. The fourth-order valence-electron chi connectivity index (χ4n) is 3.14. The first-order chi connectivity index (χ1) is 15.0. The molecule has 0 rings (SSSR count). The zero-order valence-corrected chi connectivity index (χ0v) is 22.4. The van der Waals surface area contributed by atoms with E-state index in [9.17, 15) is 9.13 Å². The molecule has 0 aliphatic carbocycles. The van der Waals surface area contributed by atoms with Gasteiger partial charge in [-0.05, 0) is 18.8 Å². The van der Waals surface area contributed by atoms with E-state index in [4.69, 9.17) is 19.6 Å². The topological polar surface area (TPSA) is 134 Å². The highest BCUT2D eigenvalue weighted by atomic mass is 31.2. The maximum atomic E-state index is 10.4. The highest BCUT2D eigenvalue weighted by Crippen LogP contribution is 2.36. The lowest BCUT2D eigenvalue weighted by Gasteiger charge is -2.05. The van der Waals surface area contributed by atoms with Gasteiger partial charge in [-0.25, -0.2) is 9.13 Å². The van der Waals surface area contributed by atoms with E-state index in [1.54, 1.807) is 0 Å². The summed E-state index contributed by atoms with van der Waals surface area (Å²) < 4.78 is 29.4. The molecular formula is C22H50O8P2. The lowest BCUT2D eigenvalue weighted by Crippen LogP contribution is -1.92. The highest BCUT2D eigenvalue weighted by molar-refractivity contribution is 7.46. The Morgan fingerprint density at radius 3 is 1.19 bits per heavy atom. The van der Waals surface area contributed by atoms with Crippen molar-refractivity contribution in [1.82, 2.24) is 0 Å². The van der Waals surface area contributed by atoms with Gasteiger partial charge in [-0.2, -0.15) is 0 Å². The van der Waals surface area contributed by atoms with Gasteiger partial charge in [0.2, 0.25) is 0 Å². The van der Waals surface area contributed by atoms with E-state index in [0.717, 1.165) is 44.4 Å². The van der Waals surface area contributed by atoms with Gasteiger partial charge in [0.15, 0.2) is 0 Å². The number of unbranched alkanes of at least 4 members (excludes halogenated alkanes) is 13. The summed E-state index contributed by atoms with van der Waals surface area (Å²) in [6.45, 7) is 6.98. The molecule has 0 radical (unpaired) electrons. The number of phosphoric ester groups is 2. The smallest absolute Gasteiger partial charge is 0.303 e. The van der Waals surface area contributed by atoms with Crippen LogP contribution in [0.1, 0.15) is 124 Å². The zero-order valence-electron chi connectivity index (χ0n) is 20.6. The molecule has 196 valence electrons. The fraction of sp³-hybridized carbons (Fsp3) is 1.00. The first-order valence-corrected chi connectivity index (χ1v) is 15.4. The molecule has 0 aliphatic rings. The van der Waals surface area contributed by atoms with Crippen LogP contribution in [0.15, 0.2) is 0 Å². The molecule has 0 saturated heterocycles.